The smallest absolute Gasteiger partial charge is 0.330 e. The molecule has 0 heterocycles. The Morgan fingerprint density at radius 3 is 1.96 bits per heavy atom. The second-order valence-corrected chi connectivity index (χ2v) is 6.19. The number of carbonyl (C=O) groups excluding carboxylic acids is 1. The molecule has 0 rings (SSSR count). The monoisotopic (exact) mass is 318 g/mol. The molecule has 0 N–H and O–H groups in total. The molecule has 130 valence electrons. The predicted octanol–water partition coefficient (Wildman–Crippen LogP) is 6.31. The Balaban J connectivity index is 3.89. The average molecular weight is 319 g/mol. The van der Waals surface area contributed by atoms with Crippen LogP contribution in [0.3, 0.4) is 0 Å². The van der Waals surface area contributed by atoms with E-state index in [1.54, 1.807) is 0 Å². The van der Waals surface area contributed by atoms with Crippen LogP contribution in [0.2, 0.25) is 0 Å². The highest BCUT2D eigenvalue weighted by atomic mass is 16.5. The predicted molar refractivity (Wildman–Crippen MR) is 100 cm³/mol. The van der Waals surface area contributed by atoms with E-state index in [1.165, 1.54) is 22.8 Å². The highest BCUT2D eigenvalue weighted by Crippen LogP contribution is 2.12. The molecule has 0 amide bonds. The Hall–Kier alpha value is -1.57. The van der Waals surface area contributed by atoms with Gasteiger partial charge in [0, 0.05) is 6.08 Å². The number of allylic oxidation sites excluding steroid dienone is 7. The summed E-state index contributed by atoms with van der Waals surface area (Å²) in [6.45, 7) is 10.9. The van der Waals surface area contributed by atoms with Crippen molar-refractivity contribution in [1.82, 2.24) is 0 Å². The summed E-state index contributed by atoms with van der Waals surface area (Å²) < 4.78 is 4.83. The van der Waals surface area contributed by atoms with E-state index in [0.717, 1.165) is 38.5 Å². The molecule has 0 aliphatic rings. The van der Waals surface area contributed by atoms with Gasteiger partial charge in [-0.2, -0.15) is 0 Å². The van der Waals surface area contributed by atoms with Crippen LogP contribution in [-0.2, 0) is 9.53 Å². The summed E-state index contributed by atoms with van der Waals surface area (Å²) >= 11 is 0. The van der Waals surface area contributed by atoms with Gasteiger partial charge in [0.05, 0.1) is 6.61 Å². The first-order valence-electron chi connectivity index (χ1n) is 8.73. The fraction of sp³-hybridized carbons (Fsp3) is 0.571. The SMILES string of the molecule is CCOC(=O)/C=C/CC/C=C(\C)CC/C=C(\C)CCC=C(C)C. The number of rotatable bonds is 11. The molecule has 23 heavy (non-hydrogen) atoms. The molecule has 0 aromatic rings. The van der Waals surface area contributed by atoms with Crippen LogP contribution in [0.4, 0.5) is 0 Å². The molecule has 0 unspecified atom stereocenters. The maximum atomic E-state index is 11.1. The second kappa shape index (κ2) is 14.0. The lowest BCUT2D eigenvalue weighted by atomic mass is 10.1. The molecule has 0 aliphatic carbocycles. The molecule has 0 atom stereocenters. The van der Waals surface area contributed by atoms with Crippen LogP contribution >= 0.6 is 0 Å². The zero-order valence-electron chi connectivity index (χ0n) is 15.7. The quantitative estimate of drug-likeness (QED) is 0.193. The molecule has 2 heteroatoms. The van der Waals surface area contributed by atoms with Gasteiger partial charge in [0.2, 0.25) is 0 Å². The molecule has 0 saturated carbocycles. The molecule has 0 aliphatic heterocycles. The average Bonchev–Trinajstić information content (AvgIpc) is 2.46. The fourth-order valence-corrected chi connectivity index (χ4v) is 2.13. The van der Waals surface area contributed by atoms with E-state index in [4.69, 9.17) is 4.74 Å². The maximum absolute atomic E-state index is 11.1. The number of ether oxygens (including phenoxy) is 1. The molecule has 0 radical (unpaired) electrons. The van der Waals surface area contributed by atoms with Crippen molar-refractivity contribution < 1.29 is 9.53 Å². The molecule has 0 aromatic heterocycles. The van der Waals surface area contributed by atoms with E-state index in [-0.39, 0.29) is 5.97 Å². The maximum Gasteiger partial charge on any atom is 0.330 e. The van der Waals surface area contributed by atoms with Crippen LogP contribution in [0.5, 0.6) is 0 Å². The Morgan fingerprint density at radius 1 is 0.826 bits per heavy atom. The van der Waals surface area contributed by atoms with Gasteiger partial charge in [-0.1, -0.05) is 41.0 Å². The van der Waals surface area contributed by atoms with Gasteiger partial charge in [-0.25, -0.2) is 4.79 Å². The molecular formula is C21H34O2. The number of hydrogen-bond acceptors (Lipinski definition) is 2. The van der Waals surface area contributed by atoms with Crippen molar-refractivity contribution in [3.05, 3.63) is 47.1 Å². The summed E-state index contributed by atoms with van der Waals surface area (Å²) in [5.74, 6) is -0.248. The normalized spacial score (nSPS) is 12.6. The first-order chi connectivity index (χ1) is 11.0. The largest absolute Gasteiger partial charge is 0.463 e. The van der Waals surface area contributed by atoms with E-state index in [1.807, 2.05) is 13.0 Å². The fourth-order valence-electron chi connectivity index (χ4n) is 2.13. The Morgan fingerprint density at radius 2 is 1.39 bits per heavy atom. The summed E-state index contributed by atoms with van der Waals surface area (Å²) in [6.07, 6.45) is 16.7. The van der Waals surface area contributed by atoms with E-state index >= 15 is 0 Å². The van der Waals surface area contributed by atoms with Gasteiger partial charge in [-0.15, -0.1) is 0 Å². The third kappa shape index (κ3) is 15.1. The molecule has 0 fully saturated rings. The zero-order chi connectivity index (χ0) is 17.5. The molecular weight excluding hydrogens is 284 g/mol. The van der Waals surface area contributed by atoms with Gasteiger partial charge in [0.1, 0.15) is 0 Å². The summed E-state index contributed by atoms with van der Waals surface area (Å²) in [7, 11) is 0. The van der Waals surface area contributed by atoms with Crippen molar-refractivity contribution >= 4 is 5.97 Å². The molecule has 0 bridgehead atoms. The third-order valence-corrected chi connectivity index (χ3v) is 3.49. The van der Waals surface area contributed by atoms with Crippen molar-refractivity contribution in [2.24, 2.45) is 0 Å². The summed E-state index contributed by atoms with van der Waals surface area (Å²) in [5.41, 5.74) is 4.30. The van der Waals surface area contributed by atoms with Gasteiger partial charge >= 0.3 is 5.97 Å². The Bertz CT molecular complexity index is 446. The highest BCUT2D eigenvalue weighted by Gasteiger charge is 1.93. The van der Waals surface area contributed by atoms with Crippen LogP contribution in [-0.4, -0.2) is 12.6 Å². The van der Waals surface area contributed by atoms with E-state index in [0.29, 0.717) is 6.61 Å². The highest BCUT2D eigenvalue weighted by molar-refractivity contribution is 5.81. The van der Waals surface area contributed by atoms with Crippen LogP contribution in [0.1, 0.15) is 73.1 Å². The van der Waals surface area contributed by atoms with Crippen molar-refractivity contribution in [2.75, 3.05) is 6.61 Å². The minimum atomic E-state index is -0.248. The lowest BCUT2D eigenvalue weighted by molar-refractivity contribution is -0.137. The van der Waals surface area contributed by atoms with Crippen LogP contribution < -0.4 is 0 Å². The van der Waals surface area contributed by atoms with Crippen LogP contribution in [0.25, 0.3) is 0 Å². The number of unbranched alkanes of at least 4 members (excludes halogenated alkanes) is 1. The lowest BCUT2D eigenvalue weighted by Gasteiger charge is -2.01. The van der Waals surface area contributed by atoms with Crippen molar-refractivity contribution in [3.63, 3.8) is 0 Å². The zero-order valence-corrected chi connectivity index (χ0v) is 15.7. The van der Waals surface area contributed by atoms with Gasteiger partial charge < -0.3 is 4.74 Å². The summed E-state index contributed by atoms with van der Waals surface area (Å²) in [5, 5.41) is 0. The minimum Gasteiger partial charge on any atom is -0.463 e. The number of esters is 1. The number of carbonyl (C=O) groups is 1. The topological polar surface area (TPSA) is 26.3 Å². The molecule has 0 aromatic carbocycles. The van der Waals surface area contributed by atoms with Gasteiger partial charge in [-0.3, -0.25) is 0 Å². The van der Waals surface area contributed by atoms with E-state index in [9.17, 15) is 4.79 Å². The van der Waals surface area contributed by atoms with E-state index < -0.39 is 0 Å². The van der Waals surface area contributed by atoms with Gasteiger partial charge in [-0.05, 0) is 73.1 Å². The van der Waals surface area contributed by atoms with Crippen molar-refractivity contribution in [2.45, 2.75) is 73.1 Å². The molecule has 0 spiro atoms. The second-order valence-electron chi connectivity index (χ2n) is 6.19. The van der Waals surface area contributed by atoms with Gasteiger partial charge in [0.25, 0.3) is 0 Å². The van der Waals surface area contributed by atoms with E-state index in [2.05, 4.69) is 45.9 Å². The Kier molecular flexibility index (Phi) is 13.1. The first kappa shape index (κ1) is 21.4. The van der Waals surface area contributed by atoms with Crippen LogP contribution in [0, 0.1) is 0 Å². The van der Waals surface area contributed by atoms with Crippen LogP contribution in [0.15, 0.2) is 47.1 Å². The third-order valence-electron chi connectivity index (χ3n) is 3.49. The summed E-state index contributed by atoms with van der Waals surface area (Å²) in [6, 6.07) is 0. The first-order valence-corrected chi connectivity index (χ1v) is 8.73. The standard InChI is InChI=1S/C21H34O2/c1-6-23-21(22)17-9-7-8-13-19(4)15-11-16-20(5)14-10-12-18(2)3/h9,12-13,16-17H,6-8,10-11,14-15H2,1-5H3/b17-9+,19-13+,20-16+. The van der Waals surface area contributed by atoms with Crippen molar-refractivity contribution in [1.29, 1.82) is 0 Å². The lowest BCUT2D eigenvalue weighted by Crippen LogP contribution is -1.98. The van der Waals surface area contributed by atoms with Crippen molar-refractivity contribution in [3.8, 4) is 0 Å². The Labute approximate surface area is 143 Å². The number of hydrogen-bond donors (Lipinski definition) is 0. The van der Waals surface area contributed by atoms with Gasteiger partial charge in [0.15, 0.2) is 0 Å². The minimum absolute atomic E-state index is 0.248. The summed E-state index contributed by atoms with van der Waals surface area (Å²) in [4.78, 5) is 11.1. The molecule has 0 saturated heterocycles. The molecule has 2 nitrogen and oxygen atoms in total.